The lowest BCUT2D eigenvalue weighted by molar-refractivity contribution is -0.139. The number of fused-ring (bicyclic) bond motifs is 1. The van der Waals surface area contributed by atoms with E-state index in [-0.39, 0.29) is 12.6 Å². The maximum absolute atomic E-state index is 10.9. The first-order valence-electron chi connectivity index (χ1n) is 11.6. The lowest BCUT2D eigenvalue weighted by Gasteiger charge is -2.23. The van der Waals surface area contributed by atoms with Crippen molar-refractivity contribution in [2.24, 2.45) is 5.92 Å². The fraction of sp³-hybridized carbons (Fsp3) is 0.462. The first-order valence-corrected chi connectivity index (χ1v) is 11.6. The smallest absolute Gasteiger partial charge is 0.341 e. The van der Waals surface area contributed by atoms with Crippen molar-refractivity contribution in [2.45, 2.75) is 57.4 Å². The minimum atomic E-state index is -0.963. The molecule has 6 nitrogen and oxygen atoms in total. The number of aliphatic carboxylic acids is 1. The number of carboxylic acid groups (broad SMARTS) is 1. The van der Waals surface area contributed by atoms with Crippen molar-refractivity contribution in [3.63, 3.8) is 0 Å². The number of nitrogens with one attached hydrogen (secondary N) is 1. The number of allylic oxidation sites excluding steroid dienone is 1. The second kappa shape index (κ2) is 11.2. The maximum atomic E-state index is 10.9. The molecule has 1 aromatic carbocycles. The van der Waals surface area contributed by atoms with Gasteiger partial charge in [0.1, 0.15) is 5.75 Å². The topological polar surface area (TPSA) is 80.7 Å². The van der Waals surface area contributed by atoms with Crippen LogP contribution in [0.1, 0.15) is 67.7 Å². The molecule has 0 radical (unpaired) electrons. The average Bonchev–Trinajstić information content (AvgIpc) is 3.33. The second-order valence-electron chi connectivity index (χ2n) is 8.70. The van der Waals surface area contributed by atoms with Gasteiger partial charge in [0.25, 0.3) is 0 Å². The van der Waals surface area contributed by atoms with Crippen molar-refractivity contribution >= 4 is 11.5 Å². The molecule has 0 amide bonds. The van der Waals surface area contributed by atoms with Crippen molar-refractivity contribution in [1.82, 2.24) is 10.5 Å². The number of hydroxylamine groups is 1. The molecule has 2 aromatic rings. The molecule has 170 valence electrons. The van der Waals surface area contributed by atoms with Gasteiger partial charge in [-0.25, -0.2) is 4.79 Å². The molecule has 2 aliphatic rings. The minimum absolute atomic E-state index is 0.139. The number of pyridine rings is 1. The molecular weight excluding hydrogens is 404 g/mol. The van der Waals surface area contributed by atoms with E-state index < -0.39 is 5.97 Å². The number of hydrogen-bond donors (Lipinski definition) is 2. The summed E-state index contributed by atoms with van der Waals surface area (Å²) in [6.45, 7) is 0.148. The molecule has 1 atom stereocenters. The van der Waals surface area contributed by atoms with Crippen LogP contribution in [0.25, 0.3) is 5.57 Å². The Hall–Kier alpha value is -2.70. The molecule has 0 bridgehead atoms. The van der Waals surface area contributed by atoms with Gasteiger partial charge >= 0.3 is 5.97 Å². The number of benzene rings is 1. The predicted molar refractivity (Wildman–Crippen MR) is 123 cm³/mol. The quantitative estimate of drug-likeness (QED) is 0.398. The van der Waals surface area contributed by atoms with Crippen LogP contribution in [0.4, 0.5) is 0 Å². The molecule has 2 aliphatic carbocycles. The Labute approximate surface area is 189 Å². The van der Waals surface area contributed by atoms with Gasteiger partial charge in [0, 0.05) is 18.0 Å². The van der Waals surface area contributed by atoms with Gasteiger partial charge in [-0.15, -0.1) is 0 Å². The lowest BCUT2D eigenvalue weighted by Crippen LogP contribution is -2.24. The fourth-order valence-corrected chi connectivity index (χ4v) is 4.91. The van der Waals surface area contributed by atoms with Crippen LogP contribution in [0.3, 0.4) is 0 Å². The molecule has 1 aromatic heterocycles. The number of ether oxygens (including phenoxy) is 1. The third-order valence-electron chi connectivity index (χ3n) is 6.47. The first-order chi connectivity index (χ1) is 15.7. The largest absolute Gasteiger partial charge is 0.482 e. The molecule has 1 saturated carbocycles. The highest BCUT2D eigenvalue weighted by Gasteiger charge is 2.22. The molecule has 0 spiro atoms. The standard InChI is InChI=1S/C26H32N2O4/c29-26(30)18-31-25-12-4-10-22-20(8-3-11-23(22)25)13-15-32-28-24(16-19-6-1-2-7-19)21-9-5-14-27-17-21/h4-5,9-10,12-14,17,19,24,28H,1-3,6-8,11,15-16,18H2,(H,29,30)/b20-13-. The normalized spacial score (nSPS) is 18.4. The Morgan fingerprint density at radius 2 is 2.06 bits per heavy atom. The van der Waals surface area contributed by atoms with Crippen LogP contribution in [-0.4, -0.2) is 29.3 Å². The van der Waals surface area contributed by atoms with Crippen molar-refractivity contribution in [3.8, 4) is 5.75 Å². The number of nitrogens with zero attached hydrogens (tertiary/aromatic N) is 1. The number of carboxylic acids is 1. The van der Waals surface area contributed by atoms with Crippen LogP contribution in [0.15, 0.2) is 48.8 Å². The third-order valence-corrected chi connectivity index (χ3v) is 6.47. The Bertz CT molecular complexity index is 923. The summed E-state index contributed by atoms with van der Waals surface area (Å²) in [6, 6.07) is 10.1. The van der Waals surface area contributed by atoms with Crippen molar-refractivity contribution in [2.75, 3.05) is 13.2 Å². The molecule has 32 heavy (non-hydrogen) atoms. The summed E-state index contributed by atoms with van der Waals surface area (Å²) in [5.41, 5.74) is 7.91. The summed E-state index contributed by atoms with van der Waals surface area (Å²) in [4.78, 5) is 21.1. The van der Waals surface area contributed by atoms with E-state index in [0.717, 1.165) is 48.3 Å². The summed E-state index contributed by atoms with van der Waals surface area (Å²) in [6.07, 6.45) is 15.1. The Balaban J connectivity index is 1.39. The van der Waals surface area contributed by atoms with Gasteiger partial charge in [0.15, 0.2) is 6.61 Å². The number of aromatic nitrogens is 1. The Kier molecular flexibility index (Phi) is 7.91. The van der Waals surface area contributed by atoms with E-state index in [1.807, 2.05) is 24.4 Å². The molecule has 0 aliphatic heterocycles. The van der Waals surface area contributed by atoms with E-state index in [9.17, 15) is 4.79 Å². The van der Waals surface area contributed by atoms with Gasteiger partial charge < -0.3 is 9.84 Å². The summed E-state index contributed by atoms with van der Waals surface area (Å²) in [5, 5.41) is 8.93. The number of rotatable bonds is 10. The zero-order chi connectivity index (χ0) is 22.2. The SMILES string of the molecule is O=C(O)COc1cccc2c1CCC/C2=C/CONC(CC1CCCC1)c1cccnc1. The number of hydrogen-bond acceptors (Lipinski definition) is 5. The van der Waals surface area contributed by atoms with Gasteiger partial charge in [-0.3, -0.25) is 9.82 Å². The van der Waals surface area contributed by atoms with Gasteiger partial charge in [0.05, 0.1) is 12.6 Å². The summed E-state index contributed by atoms with van der Waals surface area (Å²) >= 11 is 0. The monoisotopic (exact) mass is 436 g/mol. The van der Waals surface area contributed by atoms with Crippen LogP contribution in [-0.2, 0) is 16.1 Å². The van der Waals surface area contributed by atoms with Gasteiger partial charge in [0.2, 0.25) is 0 Å². The van der Waals surface area contributed by atoms with Crippen LogP contribution in [0, 0.1) is 5.92 Å². The molecular formula is C26H32N2O4. The molecule has 4 rings (SSSR count). The van der Waals surface area contributed by atoms with Crippen LogP contribution in [0.2, 0.25) is 0 Å². The molecule has 2 N–H and O–H groups in total. The highest BCUT2D eigenvalue weighted by Crippen LogP contribution is 2.36. The van der Waals surface area contributed by atoms with Gasteiger partial charge in [-0.1, -0.05) is 50.0 Å². The third kappa shape index (κ3) is 5.96. The highest BCUT2D eigenvalue weighted by atomic mass is 16.6. The molecule has 0 saturated heterocycles. The Morgan fingerprint density at radius 3 is 2.84 bits per heavy atom. The summed E-state index contributed by atoms with van der Waals surface area (Å²) < 4.78 is 5.51. The van der Waals surface area contributed by atoms with E-state index in [1.54, 1.807) is 6.20 Å². The van der Waals surface area contributed by atoms with Crippen molar-refractivity contribution < 1.29 is 19.5 Å². The van der Waals surface area contributed by atoms with Crippen LogP contribution < -0.4 is 10.2 Å². The lowest BCUT2D eigenvalue weighted by atomic mass is 9.86. The number of carbonyl (C=O) groups is 1. The van der Waals surface area contributed by atoms with Gasteiger partial charge in [-0.2, -0.15) is 5.48 Å². The molecule has 1 fully saturated rings. The fourth-order valence-electron chi connectivity index (χ4n) is 4.91. The van der Waals surface area contributed by atoms with Crippen LogP contribution in [0.5, 0.6) is 5.75 Å². The first kappa shape index (κ1) is 22.5. The summed E-state index contributed by atoms with van der Waals surface area (Å²) in [7, 11) is 0. The minimum Gasteiger partial charge on any atom is -0.482 e. The maximum Gasteiger partial charge on any atom is 0.341 e. The highest BCUT2D eigenvalue weighted by molar-refractivity contribution is 5.73. The van der Waals surface area contributed by atoms with E-state index in [4.69, 9.17) is 14.7 Å². The average molecular weight is 437 g/mol. The van der Waals surface area contributed by atoms with E-state index in [0.29, 0.717) is 12.4 Å². The zero-order valence-electron chi connectivity index (χ0n) is 18.5. The van der Waals surface area contributed by atoms with E-state index in [1.165, 1.54) is 31.3 Å². The molecule has 1 unspecified atom stereocenters. The zero-order valence-corrected chi connectivity index (χ0v) is 18.5. The Morgan fingerprint density at radius 1 is 1.19 bits per heavy atom. The van der Waals surface area contributed by atoms with Gasteiger partial charge in [-0.05, 0) is 60.4 Å². The van der Waals surface area contributed by atoms with Crippen molar-refractivity contribution in [1.29, 1.82) is 0 Å². The predicted octanol–water partition coefficient (Wildman–Crippen LogP) is 5.11. The van der Waals surface area contributed by atoms with Crippen LogP contribution >= 0.6 is 0 Å². The summed E-state index contributed by atoms with van der Waals surface area (Å²) in [5.74, 6) is 0.446. The van der Waals surface area contributed by atoms with E-state index in [2.05, 4.69) is 28.7 Å². The molecule has 1 heterocycles. The second-order valence-corrected chi connectivity index (χ2v) is 8.70. The van der Waals surface area contributed by atoms with E-state index >= 15 is 0 Å². The van der Waals surface area contributed by atoms with Crippen molar-refractivity contribution in [3.05, 3.63) is 65.5 Å². The molecule has 6 heteroatoms.